The van der Waals surface area contributed by atoms with Crippen LogP contribution >= 0.6 is 0 Å². The summed E-state index contributed by atoms with van der Waals surface area (Å²) in [5.74, 6) is -0.891. The number of amides is 1. The second-order valence-electron chi connectivity index (χ2n) is 5.61. The first-order valence-electron chi connectivity index (χ1n) is 7.28. The van der Waals surface area contributed by atoms with Crippen molar-refractivity contribution in [1.29, 1.82) is 0 Å². The number of aryl methyl sites for hydroxylation is 1. The van der Waals surface area contributed by atoms with Gasteiger partial charge in [-0.05, 0) is 42.3 Å². The van der Waals surface area contributed by atoms with Gasteiger partial charge in [-0.25, -0.2) is 12.8 Å². The lowest BCUT2D eigenvalue weighted by Crippen LogP contribution is -2.23. The summed E-state index contributed by atoms with van der Waals surface area (Å²) >= 11 is 0. The number of benzene rings is 2. The van der Waals surface area contributed by atoms with E-state index in [1.54, 1.807) is 38.2 Å². The molecule has 0 atom stereocenters. The average Bonchev–Trinajstić information content (AvgIpc) is 2.46. The summed E-state index contributed by atoms with van der Waals surface area (Å²) in [6.07, 6.45) is 0. The fraction of sp³-hybridized carbons (Fsp3) is 0.235. The molecular formula is C17H19FN2O3S. The molecule has 128 valence electrons. The molecule has 0 unspecified atom stereocenters. The molecule has 7 heteroatoms. The van der Waals surface area contributed by atoms with Crippen molar-refractivity contribution in [1.82, 2.24) is 4.90 Å². The lowest BCUT2D eigenvalue weighted by atomic mass is 10.2. The van der Waals surface area contributed by atoms with Crippen LogP contribution in [0.2, 0.25) is 0 Å². The van der Waals surface area contributed by atoms with Crippen molar-refractivity contribution in [2.45, 2.75) is 25.3 Å². The van der Waals surface area contributed by atoms with E-state index in [1.165, 1.54) is 30.0 Å². The Labute approximate surface area is 141 Å². The Hall–Kier alpha value is -2.41. The molecule has 24 heavy (non-hydrogen) atoms. The van der Waals surface area contributed by atoms with Crippen LogP contribution in [0.3, 0.4) is 0 Å². The molecule has 0 saturated carbocycles. The van der Waals surface area contributed by atoms with Gasteiger partial charge in [-0.2, -0.15) is 0 Å². The van der Waals surface area contributed by atoms with Crippen molar-refractivity contribution in [2.75, 3.05) is 11.8 Å². The predicted octanol–water partition coefficient (Wildman–Crippen LogP) is 2.91. The first-order chi connectivity index (χ1) is 11.2. The van der Waals surface area contributed by atoms with Crippen LogP contribution in [0.15, 0.2) is 47.4 Å². The van der Waals surface area contributed by atoms with E-state index in [0.717, 1.165) is 5.56 Å². The highest BCUT2D eigenvalue weighted by atomic mass is 32.2. The van der Waals surface area contributed by atoms with Crippen LogP contribution in [0, 0.1) is 12.7 Å². The van der Waals surface area contributed by atoms with Gasteiger partial charge in [-0.1, -0.05) is 18.2 Å². The molecule has 0 aromatic heterocycles. The van der Waals surface area contributed by atoms with Crippen LogP contribution < -0.4 is 4.72 Å². The van der Waals surface area contributed by atoms with E-state index in [4.69, 9.17) is 0 Å². The molecule has 0 heterocycles. The molecule has 0 bridgehead atoms. The van der Waals surface area contributed by atoms with E-state index in [1.807, 2.05) is 0 Å². The zero-order valence-corrected chi connectivity index (χ0v) is 14.5. The summed E-state index contributed by atoms with van der Waals surface area (Å²) < 4.78 is 41.0. The number of nitrogens with zero attached hydrogens (tertiary/aromatic N) is 1. The van der Waals surface area contributed by atoms with Crippen molar-refractivity contribution in [2.24, 2.45) is 0 Å². The number of anilines is 1. The van der Waals surface area contributed by atoms with Gasteiger partial charge in [0.15, 0.2) is 0 Å². The maximum Gasteiger partial charge on any atom is 0.264 e. The van der Waals surface area contributed by atoms with Gasteiger partial charge in [-0.3, -0.25) is 9.52 Å². The van der Waals surface area contributed by atoms with Gasteiger partial charge < -0.3 is 4.90 Å². The Morgan fingerprint density at radius 1 is 1.21 bits per heavy atom. The van der Waals surface area contributed by atoms with E-state index in [-0.39, 0.29) is 5.91 Å². The number of hydrogen-bond acceptors (Lipinski definition) is 3. The van der Waals surface area contributed by atoms with E-state index < -0.39 is 20.7 Å². The van der Waals surface area contributed by atoms with E-state index in [2.05, 4.69) is 4.72 Å². The number of sulfonamides is 1. The minimum absolute atomic E-state index is 0.0947. The second kappa shape index (κ2) is 7.00. The molecule has 0 aliphatic heterocycles. The van der Waals surface area contributed by atoms with Crippen LogP contribution in [-0.2, 0) is 21.4 Å². The highest BCUT2D eigenvalue weighted by Crippen LogP contribution is 2.21. The minimum Gasteiger partial charge on any atom is -0.342 e. The highest BCUT2D eigenvalue weighted by Gasteiger charge is 2.19. The number of hydrogen-bond donors (Lipinski definition) is 1. The Morgan fingerprint density at radius 3 is 2.54 bits per heavy atom. The van der Waals surface area contributed by atoms with Gasteiger partial charge in [0.25, 0.3) is 10.0 Å². The summed E-state index contributed by atoms with van der Waals surface area (Å²) in [6.45, 7) is 3.48. The zero-order valence-electron chi connectivity index (χ0n) is 13.7. The summed E-state index contributed by atoms with van der Waals surface area (Å²) in [4.78, 5) is 12.4. The molecule has 2 aromatic rings. The summed E-state index contributed by atoms with van der Waals surface area (Å²) in [7, 11) is -2.37. The van der Waals surface area contributed by atoms with Crippen LogP contribution in [0.5, 0.6) is 0 Å². The maximum absolute atomic E-state index is 13.9. The standard InChI is InChI=1S/C17H19FN2O3S/c1-12-7-8-17(16(18)9-12)24(22,23)19-15-6-4-5-14(10-15)11-20(3)13(2)21/h4-10,19H,11H2,1-3H3. The zero-order chi connectivity index (χ0) is 17.9. The number of rotatable bonds is 5. The smallest absolute Gasteiger partial charge is 0.264 e. The third-order valence-electron chi connectivity index (χ3n) is 3.51. The SMILES string of the molecule is CC(=O)N(C)Cc1cccc(NS(=O)(=O)c2ccc(C)cc2F)c1. The molecule has 2 rings (SSSR count). The Morgan fingerprint density at radius 2 is 1.92 bits per heavy atom. The molecule has 0 saturated heterocycles. The van der Waals surface area contributed by atoms with Crippen molar-refractivity contribution in [3.8, 4) is 0 Å². The van der Waals surface area contributed by atoms with Gasteiger partial charge >= 0.3 is 0 Å². The normalized spacial score (nSPS) is 11.2. The minimum atomic E-state index is -4.03. The quantitative estimate of drug-likeness (QED) is 0.902. The number of halogens is 1. The Balaban J connectivity index is 2.25. The first-order valence-corrected chi connectivity index (χ1v) is 8.77. The largest absolute Gasteiger partial charge is 0.342 e. The maximum atomic E-state index is 13.9. The lowest BCUT2D eigenvalue weighted by molar-refractivity contribution is -0.128. The van der Waals surface area contributed by atoms with Gasteiger partial charge in [0.05, 0.1) is 0 Å². The number of nitrogens with one attached hydrogen (secondary N) is 1. The fourth-order valence-corrected chi connectivity index (χ4v) is 3.26. The monoisotopic (exact) mass is 350 g/mol. The van der Waals surface area contributed by atoms with Crippen LogP contribution in [0.4, 0.5) is 10.1 Å². The average molecular weight is 350 g/mol. The van der Waals surface area contributed by atoms with Gasteiger partial charge in [0, 0.05) is 26.2 Å². The number of carbonyl (C=O) groups excluding carboxylic acids is 1. The molecule has 1 amide bonds. The highest BCUT2D eigenvalue weighted by molar-refractivity contribution is 7.92. The third kappa shape index (κ3) is 4.32. The Kier molecular flexibility index (Phi) is 5.23. The molecular weight excluding hydrogens is 331 g/mol. The van der Waals surface area contributed by atoms with E-state index in [0.29, 0.717) is 17.8 Å². The molecule has 0 aliphatic carbocycles. The summed E-state index contributed by atoms with van der Waals surface area (Å²) in [5.41, 5.74) is 1.71. The van der Waals surface area contributed by atoms with Crippen molar-refractivity contribution in [3.05, 3.63) is 59.4 Å². The first kappa shape index (κ1) is 17.9. The molecule has 2 aromatic carbocycles. The van der Waals surface area contributed by atoms with Gasteiger partial charge in [-0.15, -0.1) is 0 Å². The third-order valence-corrected chi connectivity index (χ3v) is 4.93. The predicted molar refractivity (Wildman–Crippen MR) is 90.5 cm³/mol. The molecule has 0 spiro atoms. The molecule has 5 nitrogen and oxygen atoms in total. The molecule has 0 aliphatic rings. The van der Waals surface area contributed by atoms with Crippen molar-refractivity contribution in [3.63, 3.8) is 0 Å². The topological polar surface area (TPSA) is 66.5 Å². The molecule has 0 radical (unpaired) electrons. The van der Waals surface area contributed by atoms with Gasteiger partial charge in [0.2, 0.25) is 5.91 Å². The lowest BCUT2D eigenvalue weighted by Gasteiger charge is -2.16. The van der Waals surface area contributed by atoms with Crippen LogP contribution in [0.1, 0.15) is 18.1 Å². The van der Waals surface area contributed by atoms with E-state index >= 15 is 0 Å². The summed E-state index contributed by atoms with van der Waals surface area (Å²) in [5, 5.41) is 0. The number of carbonyl (C=O) groups is 1. The molecule has 1 N–H and O–H groups in total. The van der Waals surface area contributed by atoms with Crippen LogP contribution in [0.25, 0.3) is 0 Å². The van der Waals surface area contributed by atoms with Crippen LogP contribution in [-0.4, -0.2) is 26.3 Å². The Bertz CT molecular complexity index is 866. The molecule has 0 fully saturated rings. The van der Waals surface area contributed by atoms with Crippen molar-refractivity contribution < 1.29 is 17.6 Å². The van der Waals surface area contributed by atoms with Gasteiger partial charge in [0.1, 0.15) is 10.7 Å². The second-order valence-corrected chi connectivity index (χ2v) is 7.27. The van der Waals surface area contributed by atoms with E-state index in [9.17, 15) is 17.6 Å². The summed E-state index contributed by atoms with van der Waals surface area (Å²) in [6, 6.07) is 10.6. The van der Waals surface area contributed by atoms with Crippen molar-refractivity contribution >= 4 is 21.6 Å². The fourth-order valence-electron chi connectivity index (χ4n) is 2.15.